The molecule has 0 radical (unpaired) electrons. The van der Waals surface area contributed by atoms with Gasteiger partial charge >= 0.3 is 12.1 Å². The molecule has 0 unspecified atom stereocenters. The lowest BCUT2D eigenvalue weighted by Crippen LogP contribution is -2.53. The van der Waals surface area contributed by atoms with Crippen LogP contribution in [-0.2, 0) is 22.4 Å². The smallest absolute Gasteiger partial charge is 0.415 e. The van der Waals surface area contributed by atoms with Crippen molar-refractivity contribution in [2.45, 2.75) is 38.0 Å². The van der Waals surface area contributed by atoms with Crippen molar-refractivity contribution >= 4 is 41.0 Å². The highest BCUT2D eigenvalue weighted by Gasteiger charge is 2.38. The second-order valence-corrected chi connectivity index (χ2v) is 13.1. The lowest BCUT2D eigenvalue weighted by atomic mass is 9.86. The molecule has 4 aromatic rings. The molecule has 270 valence electrons. The molecule has 3 fully saturated rings. The van der Waals surface area contributed by atoms with E-state index in [1.165, 1.54) is 20.3 Å². The number of halogens is 4. The number of hydrogen-bond acceptors (Lipinski definition) is 8. The van der Waals surface area contributed by atoms with Crippen LogP contribution in [0.5, 0.6) is 11.5 Å². The van der Waals surface area contributed by atoms with Crippen LogP contribution < -0.4 is 19.4 Å². The molecule has 14 heteroatoms. The fourth-order valence-electron chi connectivity index (χ4n) is 6.50. The van der Waals surface area contributed by atoms with Gasteiger partial charge in [-0.2, -0.15) is 0 Å². The largest absolute Gasteiger partial charge is 0.870 e. The number of nitrogens with zero attached hydrogens (tertiary/aromatic N) is 2. The molecule has 3 aliphatic heterocycles. The van der Waals surface area contributed by atoms with Gasteiger partial charge in [-0.1, -0.05) is 41.4 Å². The molecule has 2 bridgehead atoms. The maximum Gasteiger partial charge on any atom is 0.415 e. The average Bonchev–Trinajstić information content (AvgIpc) is 3.12. The molecule has 0 spiro atoms. The first-order chi connectivity index (χ1) is 24.1. The number of esters is 1. The monoisotopic (exact) mass is 743 g/mol. The highest BCUT2D eigenvalue weighted by Crippen LogP contribution is 2.36. The molecule has 3 aliphatic rings. The van der Waals surface area contributed by atoms with E-state index < -0.39 is 29.8 Å². The SMILES string of the molecule is COc1ccc([C@H](Cc2c(Cl)c[nH+]cc2Cl)OC(=O)c2cccc(CN(C(=O)O[C@H]3CN4CCC3CC4)c3ccc(F)cc3F)c2)cc1OC.[OH-]. The first-order valence-electron chi connectivity index (χ1n) is 16.1. The molecule has 51 heavy (non-hydrogen) atoms. The summed E-state index contributed by atoms with van der Waals surface area (Å²) in [5.74, 6) is -1.21. The molecule has 7 rings (SSSR count). The second kappa shape index (κ2) is 16.7. The van der Waals surface area contributed by atoms with E-state index >= 15 is 4.39 Å². The number of aromatic amines is 1. The van der Waals surface area contributed by atoms with Crippen LogP contribution in [0.15, 0.2) is 73.1 Å². The van der Waals surface area contributed by atoms with E-state index in [4.69, 9.17) is 42.1 Å². The van der Waals surface area contributed by atoms with Gasteiger partial charge in [0.15, 0.2) is 23.9 Å². The minimum Gasteiger partial charge on any atom is -0.870 e. The van der Waals surface area contributed by atoms with E-state index in [-0.39, 0.29) is 41.7 Å². The summed E-state index contributed by atoms with van der Waals surface area (Å²) in [7, 11) is 3.02. The van der Waals surface area contributed by atoms with Crippen molar-refractivity contribution in [3.63, 3.8) is 0 Å². The highest BCUT2D eigenvalue weighted by atomic mass is 35.5. The molecular formula is C37H37Cl2F2N3O7. The van der Waals surface area contributed by atoms with Crippen LogP contribution in [0.3, 0.4) is 0 Å². The Balaban J connectivity index is 0.00000504. The van der Waals surface area contributed by atoms with Gasteiger partial charge in [-0.05, 0) is 79.4 Å². The van der Waals surface area contributed by atoms with Crippen LogP contribution in [0.25, 0.3) is 0 Å². The van der Waals surface area contributed by atoms with Crippen LogP contribution in [-0.4, -0.2) is 62.4 Å². The minimum absolute atomic E-state index is 0. The third kappa shape index (κ3) is 8.70. The molecule has 2 atom stereocenters. The number of piperidine rings is 3. The summed E-state index contributed by atoms with van der Waals surface area (Å²) in [5, 5.41) is 0.721. The predicted molar refractivity (Wildman–Crippen MR) is 185 cm³/mol. The normalized spacial score (nSPS) is 18.3. The number of ether oxygens (including phenoxy) is 4. The molecule has 3 saturated heterocycles. The summed E-state index contributed by atoms with van der Waals surface area (Å²) in [4.78, 5) is 33.7. The van der Waals surface area contributed by atoms with E-state index in [1.807, 2.05) is 0 Å². The average molecular weight is 745 g/mol. The van der Waals surface area contributed by atoms with Gasteiger partial charge in [-0.3, -0.25) is 9.80 Å². The number of H-pyrrole nitrogens is 1. The van der Waals surface area contributed by atoms with Gasteiger partial charge in [0.05, 0.1) is 32.0 Å². The topological polar surface area (TPSA) is 122 Å². The van der Waals surface area contributed by atoms with Gasteiger partial charge in [0.2, 0.25) is 0 Å². The summed E-state index contributed by atoms with van der Waals surface area (Å²) in [5.41, 5.74) is 1.68. The number of methoxy groups -OCH3 is 2. The van der Waals surface area contributed by atoms with Crippen molar-refractivity contribution in [2.75, 3.05) is 38.8 Å². The number of hydrogen-bond donors (Lipinski definition) is 0. The first-order valence-corrected chi connectivity index (χ1v) is 16.9. The number of carbonyl (C=O) groups is 2. The maximum atomic E-state index is 15.1. The molecular weight excluding hydrogens is 707 g/mol. The molecule has 1 aromatic heterocycles. The van der Waals surface area contributed by atoms with Gasteiger partial charge < -0.3 is 24.4 Å². The van der Waals surface area contributed by atoms with E-state index in [1.54, 1.807) is 54.9 Å². The Morgan fingerprint density at radius 1 is 0.961 bits per heavy atom. The molecule has 2 N–H and O–H groups in total. The van der Waals surface area contributed by atoms with Crippen molar-refractivity contribution in [3.8, 4) is 11.5 Å². The van der Waals surface area contributed by atoms with Crippen LogP contribution in [0.1, 0.15) is 46.0 Å². The molecule has 1 amide bonds. The van der Waals surface area contributed by atoms with Crippen molar-refractivity contribution in [2.24, 2.45) is 5.92 Å². The van der Waals surface area contributed by atoms with Crippen molar-refractivity contribution in [3.05, 3.63) is 117 Å². The van der Waals surface area contributed by atoms with Crippen molar-refractivity contribution in [1.29, 1.82) is 0 Å². The number of fused-ring (bicyclic) bond motifs is 3. The lowest BCUT2D eigenvalue weighted by molar-refractivity contribution is -0.377. The van der Waals surface area contributed by atoms with Gasteiger partial charge in [-0.25, -0.2) is 23.4 Å². The Labute approximate surface area is 304 Å². The summed E-state index contributed by atoms with van der Waals surface area (Å²) in [6, 6.07) is 14.6. The van der Waals surface area contributed by atoms with Gasteiger partial charge in [0, 0.05) is 24.6 Å². The number of pyridine rings is 1. The molecule has 10 nitrogen and oxygen atoms in total. The van der Waals surface area contributed by atoms with E-state index in [2.05, 4.69) is 9.88 Å². The number of amides is 1. The fourth-order valence-corrected chi connectivity index (χ4v) is 7.03. The van der Waals surface area contributed by atoms with Crippen LogP contribution in [0.2, 0.25) is 10.0 Å². The number of rotatable bonds is 11. The Bertz CT molecular complexity index is 1860. The Morgan fingerprint density at radius 2 is 1.69 bits per heavy atom. The van der Waals surface area contributed by atoms with Gasteiger partial charge in [0.25, 0.3) is 0 Å². The summed E-state index contributed by atoms with van der Waals surface area (Å²) < 4.78 is 51.9. The van der Waals surface area contributed by atoms with E-state index in [0.29, 0.717) is 44.8 Å². The third-order valence-electron chi connectivity index (χ3n) is 9.19. The third-order valence-corrected chi connectivity index (χ3v) is 9.86. The number of benzene rings is 3. The highest BCUT2D eigenvalue weighted by molar-refractivity contribution is 6.35. The van der Waals surface area contributed by atoms with Gasteiger partial charge in [-0.15, -0.1) is 0 Å². The van der Waals surface area contributed by atoms with Gasteiger partial charge in [0.1, 0.15) is 33.9 Å². The van der Waals surface area contributed by atoms with Crippen LogP contribution in [0.4, 0.5) is 19.3 Å². The molecule has 0 saturated carbocycles. The second-order valence-electron chi connectivity index (χ2n) is 12.3. The quantitative estimate of drug-likeness (QED) is 0.147. The zero-order chi connectivity index (χ0) is 35.4. The minimum atomic E-state index is -0.917. The van der Waals surface area contributed by atoms with Crippen molar-refractivity contribution < 1.29 is 47.8 Å². The molecule has 3 aromatic carbocycles. The zero-order valence-electron chi connectivity index (χ0n) is 27.9. The first kappa shape index (κ1) is 37.8. The summed E-state index contributed by atoms with van der Waals surface area (Å²) >= 11 is 12.9. The number of aromatic nitrogens is 1. The van der Waals surface area contributed by atoms with Crippen LogP contribution in [0, 0.1) is 17.6 Å². The number of carbonyl (C=O) groups excluding carboxylic acids is 2. The van der Waals surface area contributed by atoms with Crippen molar-refractivity contribution in [1.82, 2.24) is 4.90 Å². The Kier molecular flexibility index (Phi) is 12.4. The Morgan fingerprint density at radius 3 is 2.33 bits per heavy atom. The standard InChI is InChI=1S/C37H35Cl2F2N3O6.H2O/c1-47-32-9-6-24(15-34(32)48-2)33(17-27-28(38)18-42-19-29(27)39)49-36(45)25-5-3-4-22(14-25)20-44(31-8-7-26(40)16-30(31)41)37(46)50-35-21-43-12-10-23(35)11-13-43;/h3-9,14-16,18-19,23,33,35H,10-13,17,20-21H2,1-2H3;1H2/t33-,35-;/m0./s1. The molecule has 0 aliphatic carbocycles. The zero-order valence-corrected chi connectivity index (χ0v) is 29.4. The predicted octanol–water partition coefficient (Wildman–Crippen LogP) is 7.30. The fraction of sp³-hybridized carbons (Fsp3) is 0.324. The van der Waals surface area contributed by atoms with E-state index in [9.17, 15) is 14.0 Å². The number of anilines is 1. The maximum absolute atomic E-state index is 15.1. The summed E-state index contributed by atoms with van der Waals surface area (Å²) in [6.07, 6.45) is 3.17. The van der Waals surface area contributed by atoms with E-state index in [0.717, 1.165) is 43.0 Å². The summed E-state index contributed by atoms with van der Waals surface area (Å²) in [6.45, 7) is 2.36. The number of nitrogens with one attached hydrogen (secondary N) is 1. The Hall–Kier alpha value is -4.49. The van der Waals surface area contributed by atoms with Crippen LogP contribution >= 0.6 is 23.2 Å². The lowest BCUT2D eigenvalue weighted by Gasteiger charge is -2.44. The molecule has 4 heterocycles.